The van der Waals surface area contributed by atoms with E-state index in [-0.39, 0.29) is 19.4 Å². The largest absolute Gasteiger partial charge is 0.365 e. The molecule has 0 radical (unpaired) electrons. The van der Waals surface area contributed by atoms with E-state index in [9.17, 15) is 19.7 Å². The van der Waals surface area contributed by atoms with Crippen molar-refractivity contribution in [3.05, 3.63) is 38.3 Å². The number of hydrogen-bond donors (Lipinski definition) is 1. The third-order valence-corrected chi connectivity index (χ3v) is 2.75. The quantitative estimate of drug-likeness (QED) is 0.586. The summed E-state index contributed by atoms with van der Waals surface area (Å²) in [5.74, 6) is -1.76. The summed E-state index contributed by atoms with van der Waals surface area (Å²) < 4.78 is 0.906. The van der Waals surface area contributed by atoms with Crippen LogP contribution in [0.4, 0.5) is 5.69 Å². The fourth-order valence-electron chi connectivity index (χ4n) is 1.70. The second-order valence-electron chi connectivity index (χ2n) is 4.21. The Morgan fingerprint density at radius 1 is 1.52 bits per heavy atom. The van der Waals surface area contributed by atoms with Crippen molar-refractivity contribution >= 4 is 11.6 Å². The van der Waals surface area contributed by atoms with Crippen LogP contribution < -0.4 is 11.3 Å². The number of primary amides is 1. The van der Waals surface area contributed by atoms with Gasteiger partial charge in [-0.25, -0.2) is 0 Å². The highest BCUT2D eigenvalue weighted by atomic mass is 16.6. The number of pyridine rings is 1. The van der Waals surface area contributed by atoms with Crippen molar-refractivity contribution in [3.8, 4) is 12.1 Å². The van der Waals surface area contributed by atoms with E-state index >= 15 is 0 Å². The van der Waals surface area contributed by atoms with E-state index in [1.165, 1.54) is 0 Å². The van der Waals surface area contributed by atoms with Crippen LogP contribution in [0, 0.1) is 38.7 Å². The molecule has 9 nitrogen and oxygen atoms in total. The predicted octanol–water partition coefficient (Wildman–Crippen LogP) is 0.299. The lowest BCUT2D eigenvalue weighted by Crippen LogP contribution is -2.31. The van der Waals surface area contributed by atoms with Crippen molar-refractivity contribution in [3.63, 3.8) is 0 Å². The lowest BCUT2D eigenvalue weighted by atomic mass is 10.1. The van der Waals surface area contributed by atoms with Crippen LogP contribution in [0.15, 0.2) is 17.1 Å². The van der Waals surface area contributed by atoms with Crippen LogP contribution in [0.1, 0.15) is 23.2 Å². The molecule has 0 aliphatic rings. The molecule has 9 heteroatoms. The van der Waals surface area contributed by atoms with Crippen molar-refractivity contribution in [2.45, 2.75) is 19.4 Å². The molecule has 1 aromatic heterocycles. The zero-order valence-electron chi connectivity index (χ0n) is 10.9. The van der Waals surface area contributed by atoms with Crippen LogP contribution in [0.5, 0.6) is 0 Å². The Bertz CT molecular complexity index is 710. The monoisotopic (exact) mass is 289 g/mol. The normalized spacial score (nSPS) is 11.1. The molecule has 0 aromatic carbocycles. The molecule has 1 amide bonds. The highest BCUT2D eigenvalue weighted by Crippen LogP contribution is 2.13. The average molecular weight is 289 g/mol. The van der Waals surface area contributed by atoms with Gasteiger partial charge in [-0.05, 0) is 6.42 Å². The van der Waals surface area contributed by atoms with Crippen molar-refractivity contribution in [2.24, 2.45) is 11.7 Å². The second-order valence-corrected chi connectivity index (χ2v) is 4.21. The maximum Gasteiger partial charge on any atom is 0.286 e. The van der Waals surface area contributed by atoms with Gasteiger partial charge in [-0.1, -0.05) is 0 Å². The van der Waals surface area contributed by atoms with Crippen LogP contribution in [-0.4, -0.2) is 15.4 Å². The third-order valence-electron chi connectivity index (χ3n) is 2.75. The molecule has 108 valence electrons. The third kappa shape index (κ3) is 3.88. The van der Waals surface area contributed by atoms with Gasteiger partial charge in [-0.15, -0.1) is 0 Å². The molecule has 0 aliphatic heterocycles. The first kappa shape index (κ1) is 15.9. The SMILES string of the molecule is N#CCC[C@H](C#N)Cn1cc([N+](=O)[O-])cc(C(N)=O)c1=O. The number of hydrogen-bond acceptors (Lipinski definition) is 6. The lowest BCUT2D eigenvalue weighted by molar-refractivity contribution is -0.385. The number of amides is 1. The average Bonchev–Trinajstić information content (AvgIpc) is 2.44. The van der Waals surface area contributed by atoms with Gasteiger partial charge in [0.1, 0.15) is 5.56 Å². The van der Waals surface area contributed by atoms with Gasteiger partial charge in [0, 0.05) is 19.0 Å². The first-order valence-electron chi connectivity index (χ1n) is 5.86. The second kappa shape index (κ2) is 6.82. The standard InChI is InChI=1S/C12H11N5O4/c13-3-1-2-8(5-14)6-16-7-9(17(20)21)4-10(11(15)18)12(16)19/h4,7-8H,1-2,6H2,(H2,15,18)/t8-/m1/s1. The molecule has 1 heterocycles. The van der Waals surface area contributed by atoms with Crippen molar-refractivity contribution in [2.75, 3.05) is 0 Å². The molecule has 0 saturated heterocycles. The van der Waals surface area contributed by atoms with Gasteiger partial charge >= 0.3 is 0 Å². The Morgan fingerprint density at radius 3 is 2.67 bits per heavy atom. The van der Waals surface area contributed by atoms with Gasteiger partial charge in [0.05, 0.1) is 29.2 Å². The summed E-state index contributed by atoms with van der Waals surface area (Å²) >= 11 is 0. The molecular weight excluding hydrogens is 278 g/mol. The van der Waals surface area contributed by atoms with Crippen LogP contribution in [0.25, 0.3) is 0 Å². The number of nitriles is 2. The predicted molar refractivity (Wildman–Crippen MR) is 69.8 cm³/mol. The van der Waals surface area contributed by atoms with Crippen molar-refractivity contribution < 1.29 is 9.72 Å². The van der Waals surface area contributed by atoms with Gasteiger partial charge in [0.2, 0.25) is 0 Å². The van der Waals surface area contributed by atoms with Gasteiger partial charge in [0.25, 0.3) is 17.2 Å². The first-order chi connectivity index (χ1) is 9.90. The number of carbonyl (C=O) groups excluding carboxylic acids is 1. The van der Waals surface area contributed by atoms with Crippen LogP contribution >= 0.6 is 0 Å². The Labute approximate surface area is 119 Å². The minimum Gasteiger partial charge on any atom is -0.365 e. The van der Waals surface area contributed by atoms with E-state index in [4.69, 9.17) is 16.3 Å². The summed E-state index contributed by atoms with van der Waals surface area (Å²) in [6, 6.07) is 4.59. The zero-order valence-corrected chi connectivity index (χ0v) is 10.9. The summed E-state index contributed by atoms with van der Waals surface area (Å²) in [5.41, 5.74) is 3.23. The summed E-state index contributed by atoms with van der Waals surface area (Å²) in [5, 5.41) is 28.2. The molecule has 1 atom stereocenters. The number of rotatable bonds is 6. The summed E-state index contributed by atoms with van der Waals surface area (Å²) in [6.07, 6.45) is 1.28. The summed E-state index contributed by atoms with van der Waals surface area (Å²) in [6.45, 7) is -0.154. The van der Waals surface area contributed by atoms with Crippen LogP contribution in [-0.2, 0) is 6.54 Å². The molecular formula is C12H11N5O4. The summed E-state index contributed by atoms with van der Waals surface area (Å²) in [7, 11) is 0. The molecule has 0 aliphatic carbocycles. The Kier molecular flexibility index (Phi) is 5.15. The highest BCUT2D eigenvalue weighted by molar-refractivity contribution is 5.92. The van der Waals surface area contributed by atoms with E-state index < -0.39 is 33.6 Å². The minimum absolute atomic E-state index is 0.116. The lowest BCUT2D eigenvalue weighted by Gasteiger charge is -2.10. The number of nitrogens with zero attached hydrogens (tertiary/aromatic N) is 4. The van der Waals surface area contributed by atoms with Crippen LogP contribution in [0.2, 0.25) is 0 Å². The van der Waals surface area contributed by atoms with Gasteiger partial charge in [-0.2, -0.15) is 10.5 Å². The van der Waals surface area contributed by atoms with Gasteiger partial charge < -0.3 is 10.3 Å². The van der Waals surface area contributed by atoms with Crippen LogP contribution in [0.3, 0.4) is 0 Å². The smallest absolute Gasteiger partial charge is 0.286 e. The Hall–Kier alpha value is -3.20. The fraction of sp³-hybridized carbons (Fsp3) is 0.333. The summed E-state index contributed by atoms with van der Waals surface area (Å²) in [4.78, 5) is 33.2. The molecule has 2 N–H and O–H groups in total. The van der Waals surface area contributed by atoms with Gasteiger partial charge in [0.15, 0.2) is 0 Å². The fourth-order valence-corrected chi connectivity index (χ4v) is 1.70. The maximum absolute atomic E-state index is 12.0. The van der Waals surface area contributed by atoms with E-state index in [1.807, 2.05) is 12.1 Å². The molecule has 0 fully saturated rings. The number of carbonyl (C=O) groups is 1. The van der Waals surface area contributed by atoms with Gasteiger partial charge in [-0.3, -0.25) is 19.7 Å². The highest BCUT2D eigenvalue weighted by Gasteiger charge is 2.19. The van der Waals surface area contributed by atoms with Crippen molar-refractivity contribution in [1.82, 2.24) is 4.57 Å². The molecule has 1 rings (SSSR count). The molecule has 0 unspecified atom stereocenters. The molecule has 0 spiro atoms. The Balaban J connectivity index is 3.26. The number of nitro groups is 1. The van der Waals surface area contributed by atoms with E-state index in [2.05, 4.69) is 0 Å². The molecule has 0 bridgehead atoms. The molecule has 1 aromatic rings. The zero-order chi connectivity index (χ0) is 16.0. The first-order valence-corrected chi connectivity index (χ1v) is 5.86. The minimum atomic E-state index is -1.08. The molecule has 21 heavy (non-hydrogen) atoms. The van der Waals surface area contributed by atoms with E-state index in [0.717, 1.165) is 16.8 Å². The topological polar surface area (TPSA) is 156 Å². The maximum atomic E-state index is 12.0. The molecule has 0 saturated carbocycles. The number of aromatic nitrogens is 1. The Morgan fingerprint density at radius 2 is 2.19 bits per heavy atom. The van der Waals surface area contributed by atoms with E-state index in [0.29, 0.717) is 0 Å². The number of nitrogens with two attached hydrogens (primary N) is 1. The van der Waals surface area contributed by atoms with E-state index in [1.54, 1.807) is 0 Å². The van der Waals surface area contributed by atoms with Crippen molar-refractivity contribution in [1.29, 1.82) is 10.5 Å².